The summed E-state index contributed by atoms with van der Waals surface area (Å²) in [4.78, 5) is 12.3. The van der Waals surface area contributed by atoms with Crippen LogP contribution in [0.3, 0.4) is 0 Å². The lowest BCUT2D eigenvalue weighted by Crippen LogP contribution is -2.38. The summed E-state index contributed by atoms with van der Waals surface area (Å²) in [6.45, 7) is 0.0237. The highest BCUT2D eigenvalue weighted by Gasteiger charge is 2.42. The number of carboxylic acid groups (broad SMARTS) is 1. The average Bonchev–Trinajstić information content (AvgIpc) is 3.22. The van der Waals surface area contributed by atoms with E-state index in [0.29, 0.717) is 21.4 Å². The first-order valence-corrected chi connectivity index (χ1v) is 10.6. The number of benzene rings is 3. The van der Waals surface area contributed by atoms with Crippen molar-refractivity contribution in [1.82, 2.24) is 0 Å². The molecule has 0 spiro atoms. The van der Waals surface area contributed by atoms with E-state index >= 15 is 0 Å². The normalized spacial score (nSPS) is 16.2. The van der Waals surface area contributed by atoms with Gasteiger partial charge in [0.05, 0.1) is 10.6 Å². The molecule has 0 amide bonds. The highest BCUT2D eigenvalue weighted by molar-refractivity contribution is 7.93. The maximum absolute atomic E-state index is 14.7. The second-order valence-corrected chi connectivity index (χ2v) is 8.57. The van der Waals surface area contributed by atoms with Crippen LogP contribution in [0.2, 0.25) is 0 Å². The number of sulfonamides is 1. The Morgan fingerprint density at radius 3 is 2.45 bits per heavy atom. The minimum atomic E-state index is -4.41. The van der Waals surface area contributed by atoms with Gasteiger partial charge in [-0.05, 0) is 35.9 Å². The molecule has 3 aromatic carbocycles. The number of carbonyl (C=O) groups is 1. The van der Waals surface area contributed by atoms with E-state index in [1.54, 1.807) is 24.3 Å². The van der Waals surface area contributed by atoms with Gasteiger partial charge in [0.2, 0.25) is 6.79 Å². The van der Waals surface area contributed by atoms with Crippen molar-refractivity contribution in [3.05, 3.63) is 89.4 Å². The number of nitrogens with zero attached hydrogens (tertiary/aromatic N) is 1. The van der Waals surface area contributed by atoms with Crippen molar-refractivity contribution < 1.29 is 32.2 Å². The third-order valence-corrected chi connectivity index (χ3v) is 6.82. The second-order valence-electron chi connectivity index (χ2n) is 6.81. The van der Waals surface area contributed by atoms with E-state index in [4.69, 9.17) is 9.47 Å². The third kappa shape index (κ3) is 2.85. The predicted octanol–water partition coefficient (Wildman–Crippen LogP) is 3.61. The van der Waals surface area contributed by atoms with E-state index in [9.17, 15) is 22.7 Å². The molecule has 3 aromatic rings. The fourth-order valence-electron chi connectivity index (χ4n) is 3.75. The molecule has 0 radical (unpaired) electrons. The number of anilines is 1. The average molecular weight is 439 g/mol. The van der Waals surface area contributed by atoms with Crippen molar-refractivity contribution in [2.75, 3.05) is 11.1 Å². The van der Waals surface area contributed by atoms with E-state index < -0.39 is 27.5 Å². The van der Waals surface area contributed by atoms with Crippen LogP contribution in [0, 0.1) is 5.82 Å². The summed E-state index contributed by atoms with van der Waals surface area (Å²) in [6.07, 6.45) is 0. The largest absolute Gasteiger partial charge is 0.477 e. The molecule has 0 aliphatic carbocycles. The summed E-state index contributed by atoms with van der Waals surface area (Å²) in [5, 5.41) is 10.1. The molecular weight excluding hydrogens is 425 g/mol. The van der Waals surface area contributed by atoms with Crippen molar-refractivity contribution in [3.63, 3.8) is 0 Å². The van der Waals surface area contributed by atoms with Gasteiger partial charge in [-0.1, -0.05) is 36.4 Å². The molecule has 2 aliphatic heterocycles. The zero-order valence-electron chi connectivity index (χ0n) is 15.8. The van der Waals surface area contributed by atoms with Crippen LogP contribution in [-0.2, 0) is 14.8 Å². The first-order valence-electron chi connectivity index (χ1n) is 9.16. The molecule has 1 N–H and O–H groups in total. The molecule has 2 aliphatic rings. The highest BCUT2D eigenvalue weighted by atomic mass is 32.2. The van der Waals surface area contributed by atoms with Crippen molar-refractivity contribution in [2.24, 2.45) is 0 Å². The number of ether oxygens (including phenoxy) is 2. The van der Waals surface area contributed by atoms with Crippen LogP contribution in [0.25, 0.3) is 5.57 Å². The van der Waals surface area contributed by atoms with E-state index in [1.807, 2.05) is 0 Å². The van der Waals surface area contributed by atoms with Gasteiger partial charge in [-0.2, -0.15) is 0 Å². The Kier molecular flexibility index (Phi) is 4.23. The van der Waals surface area contributed by atoms with Crippen molar-refractivity contribution in [2.45, 2.75) is 4.90 Å². The Morgan fingerprint density at radius 2 is 1.68 bits per heavy atom. The minimum absolute atomic E-state index is 0.0237. The molecule has 0 bridgehead atoms. The summed E-state index contributed by atoms with van der Waals surface area (Å²) in [5.74, 6) is -1.50. The molecule has 0 saturated heterocycles. The van der Waals surface area contributed by atoms with Gasteiger partial charge in [0, 0.05) is 11.1 Å². The van der Waals surface area contributed by atoms with Crippen LogP contribution in [0.15, 0.2) is 77.3 Å². The maximum atomic E-state index is 14.7. The predicted molar refractivity (Wildman–Crippen MR) is 109 cm³/mol. The van der Waals surface area contributed by atoms with Crippen LogP contribution < -0.4 is 13.8 Å². The van der Waals surface area contributed by atoms with Gasteiger partial charge >= 0.3 is 5.97 Å². The Hall–Kier alpha value is -3.85. The number of carboxylic acids is 1. The molecule has 5 rings (SSSR count). The summed E-state index contributed by atoms with van der Waals surface area (Å²) < 4.78 is 52.9. The van der Waals surface area contributed by atoms with Gasteiger partial charge in [0.15, 0.2) is 17.2 Å². The Morgan fingerprint density at radius 1 is 0.968 bits per heavy atom. The molecule has 0 aromatic heterocycles. The summed E-state index contributed by atoms with van der Waals surface area (Å²) >= 11 is 0. The minimum Gasteiger partial charge on any atom is -0.477 e. The first-order chi connectivity index (χ1) is 14.9. The number of hydrogen-bond donors (Lipinski definition) is 1. The standard InChI is InChI=1S/C22H14FNO6S/c23-15-6-2-3-7-16(15)24-21(22(25)26)20(13-9-10-17-18(11-13)30-12-29-17)14-5-1-4-8-19(14)31(24,27)28/h1-11H,12H2,(H,25,26). The number of halogens is 1. The van der Waals surface area contributed by atoms with Crippen LogP contribution in [0.1, 0.15) is 11.1 Å². The summed E-state index contributed by atoms with van der Waals surface area (Å²) in [7, 11) is -4.41. The van der Waals surface area contributed by atoms with Crippen LogP contribution >= 0.6 is 0 Å². The molecule has 0 atom stereocenters. The number of rotatable bonds is 3. The summed E-state index contributed by atoms with van der Waals surface area (Å²) in [5.41, 5.74) is -0.244. The van der Waals surface area contributed by atoms with Crippen molar-refractivity contribution in [1.29, 1.82) is 0 Å². The molecular formula is C22H14FNO6S. The van der Waals surface area contributed by atoms with E-state index in [-0.39, 0.29) is 28.5 Å². The van der Waals surface area contributed by atoms with Crippen molar-refractivity contribution in [3.8, 4) is 11.5 Å². The number of fused-ring (bicyclic) bond motifs is 2. The van der Waals surface area contributed by atoms with E-state index in [2.05, 4.69) is 0 Å². The second kappa shape index (κ2) is 6.85. The van der Waals surface area contributed by atoms with Gasteiger partial charge in [0.25, 0.3) is 10.0 Å². The Balaban J connectivity index is 1.89. The number of aliphatic carboxylic acids is 1. The molecule has 7 nitrogen and oxygen atoms in total. The zero-order valence-corrected chi connectivity index (χ0v) is 16.6. The fraction of sp³-hybridized carbons (Fsp3) is 0.0455. The van der Waals surface area contributed by atoms with Crippen molar-refractivity contribution >= 4 is 27.3 Å². The zero-order chi connectivity index (χ0) is 21.8. The smallest absolute Gasteiger partial charge is 0.354 e. The molecule has 0 fully saturated rings. The van der Waals surface area contributed by atoms with Crippen LogP contribution in [0.5, 0.6) is 11.5 Å². The van der Waals surface area contributed by atoms with Gasteiger partial charge in [0.1, 0.15) is 5.82 Å². The molecule has 2 heterocycles. The van der Waals surface area contributed by atoms with Gasteiger partial charge in [-0.3, -0.25) is 0 Å². The molecule has 31 heavy (non-hydrogen) atoms. The van der Waals surface area contributed by atoms with E-state index in [1.165, 1.54) is 36.4 Å². The molecule has 9 heteroatoms. The Bertz CT molecular complexity index is 1380. The quantitative estimate of drug-likeness (QED) is 0.670. The summed E-state index contributed by atoms with van der Waals surface area (Å²) in [6, 6.07) is 16.0. The maximum Gasteiger partial charge on any atom is 0.354 e. The van der Waals surface area contributed by atoms with Gasteiger partial charge < -0.3 is 14.6 Å². The Labute approximate surface area is 176 Å². The van der Waals surface area contributed by atoms with Gasteiger partial charge in [-0.15, -0.1) is 0 Å². The number of hydrogen-bond acceptors (Lipinski definition) is 5. The van der Waals surface area contributed by atoms with Gasteiger partial charge in [-0.25, -0.2) is 21.9 Å². The fourth-order valence-corrected chi connectivity index (χ4v) is 5.46. The SMILES string of the molecule is O=C(O)C1=C(c2ccc3c(c2)OCO3)c2ccccc2S(=O)(=O)N1c1ccccc1F. The van der Waals surface area contributed by atoms with Crippen LogP contribution in [-0.4, -0.2) is 26.3 Å². The highest BCUT2D eigenvalue weighted by Crippen LogP contribution is 2.45. The molecule has 156 valence electrons. The van der Waals surface area contributed by atoms with E-state index in [0.717, 1.165) is 6.07 Å². The number of para-hydroxylation sites is 1. The lowest BCUT2D eigenvalue weighted by Gasteiger charge is -2.32. The molecule has 0 unspecified atom stereocenters. The van der Waals surface area contributed by atoms with Crippen LogP contribution in [0.4, 0.5) is 10.1 Å². The third-order valence-electron chi connectivity index (χ3n) is 5.05. The monoisotopic (exact) mass is 439 g/mol. The first kappa shape index (κ1) is 19.1. The lowest BCUT2D eigenvalue weighted by atomic mass is 9.94. The molecule has 0 saturated carbocycles. The topological polar surface area (TPSA) is 93.1 Å². The lowest BCUT2D eigenvalue weighted by molar-refractivity contribution is -0.132.